The molecular weight excluding hydrogens is 526 g/mol. The van der Waals surface area contributed by atoms with Crippen LogP contribution in [0.5, 0.6) is 0 Å². The fraction of sp³-hybridized carbons (Fsp3) is 0.167. The molecule has 0 saturated carbocycles. The quantitative estimate of drug-likeness (QED) is 0.455. The van der Waals surface area contributed by atoms with Crippen LogP contribution in [0, 0.1) is 0 Å². The van der Waals surface area contributed by atoms with Crippen LogP contribution in [0.4, 0.5) is 5.69 Å². The zero-order valence-electron chi connectivity index (χ0n) is 13.7. The van der Waals surface area contributed by atoms with Gasteiger partial charge >= 0.3 is 5.97 Å². The third kappa shape index (κ3) is 4.05. The van der Waals surface area contributed by atoms with Crippen LogP contribution in [0.15, 0.2) is 65.6 Å². The number of carbonyl (C=O) groups is 1. The van der Waals surface area contributed by atoms with E-state index in [9.17, 15) is 18.3 Å². The molecule has 2 aromatic rings. The van der Waals surface area contributed by atoms with Gasteiger partial charge in [-0.1, -0.05) is 36.4 Å². The summed E-state index contributed by atoms with van der Waals surface area (Å²) in [6, 6.07) is 12.6. The van der Waals surface area contributed by atoms with Crippen molar-refractivity contribution in [2.24, 2.45) is 0 Å². The Kier molecular flexibility index (Phi) is 6.37. The van der Waals surface area contributed by atoms with Gasteiger partial charge in [-0.3, -0.25) is 4.79 Å². The van der Waals surface area contributed by atoms with Gasteiger partial charge in [0.1, 0.15) is 6.04 Å². The van der Waals surface area contributed by atoms with Crippen LogP contribution in [0.1, 0.15) is 6.42 Å². The second kappa shape index (κ2) is 8.15. The van der Waals surface area contributed by atoms with E-state index >= 15 is 0 Å². The topological polar surface area (TPSA) is 101 Å². The smallest absolute Gasteiger partial charge is 0.322 e. The second-order valence-electron chi connectivity index (χ2n) is 5.78. The number of nitrogens with two attached hydrogens (primary N) is 1. The van der Waals surface area contributed by atoms with Crippen LogP contribution in [0.2, 0.25) is 0 Å². The van der Waals surface area contributed by atoms with Gasteiger partial charge in [0.15, 0.2) is 0 Å². The molecule has 0 aliphatic carbocycles. The third-order valence-corrected chi connectivity index (χ3v) is 6.04. The molecule has 0 saturated heterocycles. The van der Waals surface area contributed by atoms with Crippen LogP contribution in [-0.2, 0) is 35.2 Å². The van der Waals surface area contributed by atoms with E-state index in [0.717, 1.165) is 15.4 Å². The Hall–Kier alpha value is -1.98. The Labute approximate surface area is 166 Å². The molecule has 1 aliphatic rings. The number of carboxylic acid groups (broad SMARTS) is 1. The Morgan fingerprint density at radius 3 is 2.08 bits per heavy atom. The normalized spacial score (nSPS) is 17.5. The zero-order valence-corrected chi connectivity index (χ0v) is 17.3. The first-order chi connectivity index (χ1) is 11.9. The van der Waals surface area contributed by atoms with Gasteiger partial charge in [-0.15, -0.1) is 0 Å². The molecule has 3 rings (SSSR count). The van der Waals surface area contributed by atoms with E-state index in [1.54, 1.807) is 36.4 Å². The maximum atomic E-state index is 12.8. The van der Waals surface area contributed by atoms with E-state index in [1.807, 2.05) is 12.1 Å². The van der Waals surface area contributed by atoms with Crippen molar-refractivity contribution in [3.05, 3.63) is 60.7 Å². The van der Waals surface area contributed by atoms with Crippen molar-refractivity contribution in [3.63, 3.8) is 0 Å². The summed E-state index contributed by atoms with van der Waals surface area (Å²) in [7, 11) is -3.88. The summed E-state index contributed by atoms with van der Waals surface area (Å²) in [6.45, 7) is 0.0546. The van der Waals surface area contributed by atoms with Gasteiger partial charge in [-0.2, -0.15) is 4.31 Å². The summed E-state index contributed by atoms with van der Waals surface area (Å²) < 4.78 is 26.6. The molecule has 1 atom stereocenters. The van der Waals surface area contributed by atoms with E-state index in [4.69, 9.17) is 5.73 Å². The molecule has 6 nitrogen and oxygen atoms in total. The second-order valence-corrected chi connectivity index (χ2v) is 7.67. The monoisotopic (exact) mass is 545 g/mol. The van der Waals surface area contributed by atoms with Crippen LogP contribution in [-0.4, -0.2) is 36.4 Å². The summed E-state index contributed by atoms with van der Waals surface area (Å²) in [5.41, 5.74) is 8.09. The minimum Gasteiger partial charge on any atom is -0.480 e. The van der Waals surface area contributed by atoms with Crippen LogP contribution in [0.25, 0.3) is 11.1 Å². The summed E-state index contributed by atoms with van der Waals surface area (Å²) in [6.07, 6.45) is 3.52. The van der Waals surface area contributed by atoms with Crippen molar-refractivity contribution in [3.8, 4) is 11.1 Å². The molecule has 8 heteroatoms. The molecule has 26 heavy (non-hydrogen) atoms. The molecule has 0 aromatic heterocycles. The molecule has 0 amide bonds. The number of nitrogen functional groups attached to an aromatic ring is 1. The maximum Gasteiger partial charge on any atom is 0.322 e. The van der Waals surface area contributed by atoms with Crippen molar-refractivity contribution >= 4 is 21.7 Å². The summed E-state index contributed by atoms with van der Waals surface area (Å²) >= 11 is 0. The number of rotatable bonds is 4. The zero-order chi connectivity index (χ0) is 18.0. The van der Waals surface area contributed by atoms with Gasteiger partial charge in [0.25, 0.3) is 0 Å². The predicted molar refractivity (Wildman–Crippen MR) is 95.4 cm³/mol. The van der Waals surface area contributed by atoms with Crippen LogP contribution in [0.3, 0.4) is 0 Å². The molecule has 1 heterocycles. The molecule has 1 aliphatic heterocycles. The molecular formula is C18H18N2O4ReS. The van der Waals surface area contributed by atoms with Gasteiger partial charge in [0.2, 0.25) is 10.0 Å². The summed E-state index contributed by atoms with van der Waals surface area (Å²) in [5.74, 6) is -1.15. The van der Waals surface area contributed by atoms with Crippen molar-refractivity contribution in [2.75, 3.05) is 12.3 Å². The summed E-state index contributed by atoms with van der Waals surface area (Å²) in [5, 5.41) is 9.28. The first kappa shape index (κ1) is 20.3. The van der Waals surface area contributed by atoms with E-state index < -0.39 is 22.0 Å². The van der Waals surface area contributed by atoms with Gasteiger partial charge in [-0.05, 0) is 41.8 Å². The fourth-order valence-corrected chi connectivity index (χ4v) is 4.31. The Balaban J connectivity index is 0.00000243. The van der Waals surface area contributed by atoms with Gasteiger partial charge in [0.05, 0.1) is 4.90 Å². The van der Waals surface area contributed by atoms with Crippen molar-refractivity contribution in [1.82, 2.24) is 4.31 Å². The molecule has 2 aromatic carbocycles. The number of anilines is 1. The summed E-state index contributed by atoms with van der Waals surface area (Å²) in [4.78, 5) is 11.4. The van der Waals surface area contributed by atoms with Crippen LogP contribution >= 0.6 is 0 Å². The van der Waals surface area contributed by atoms with Crippen molar-refractivity contribution in [1.29, 1.82) is 0 Å². The maximum absolute atomic E-state index is 12.8. The number of carboxylic acids is 1. The Morgan fingerprint density at radius 1 is 1.00 bits per heavy atom. The van der Waals surface area contributed by atoms with E-state index in [0.29, 0.717) is 5.69 Å². The minimum atomic E-state index is -3.88. The van der Waals surface area contributed by atoms with E-state index in [1.165, 1.54) is 12.1 Å². The van der Waals surface area contributed by atoms with Crippen molar-refractivity contribution < 1.29 is 38.7 Å². The Bertz CT molecular complexity index is 909. The van der Waals surface area contributed by atoms with Gasteiger partial charge in [0, 0.05) is 32.7 Å². The van der Waals surface area contributed by atoms with E-state index in [-0.39, 0.29) is 38.3 Å². The number of nitrogens with zero attached hydrogens (tertiary/aromatic N) is 1. The SMILES string of the molecule is Nc1ccc(-c2ccc(S(=O)(=O)N3CC=CCC3C(=O)O)cc2)cc1.[Re]. The largest absolute Gasteiger partial charge is 0.480 e. The fourth-order valence-electron chi connectivity index (χ4n) is 2.77. The average molecular weight is 545 g/mol. The van der Waals surface area contributed by atoms with Crippen LogP contribution < -0.4 is 5.73 Å². The average Bonchev–Trinajstić information content (AvgIpc) is 2.62. The van der Waals surface area contributed by atoms with Crippen molar-refractivity contribution in [2.45, 2.75) is 17.4 Å². The molecule has 1 radical (unpaired) electrons. The molecule has 0 bridgehead atoms. The standard InChI is InChI=1S/C18H18N2O4S.Re/c19-15-8-4-13(5-9-15)14-6-10-16(11-7-14)25(23,24)20-12-2-1-3-17(20)18(21)22;/h1-2,4-11,17H,3,12,19H2,(H,21,22);. The molecule has 0 spiro atoms. The number of hydrogen-bond acceptors (Lipinski definition) is 4. The Morgan fingerprint density at radius 2 is 1.54 bits per heavy atom. The number of benzene rings is 2. The molecule has 137 valence electrons. The minimum absolute atomic E-state index is 0. The number of sulfonamides is 1. The third-order valence-electron chi connectivity index (χ3n) is 4.15. The predicted octanol–water partition coefficient (Wildman–Crippen LogP) is 2.34. The number of aliphatic carboxylic acids is 1. The molecule has 3 N–H and O–H groups in total. The van der Waals surface area contributed by atoms with Gasteiger partial charge < -0.3 is 10.8 Å². The molecule has 1 unspecified atom stereocenters. The van der Waals surface area contributed by atoms with Gasteiger partial charge in [-0.25, -0.2) is 8.42 Å². The first-order valence-corrected chi connectivity index (χ1v) is 9.19. The number of hydrogen-bond donors (Lipinski definition) is 2. The molecule has 0 fully saturated rings. The van der Waals surface area contributed by atoms with E-state index in [2.05, 4.69) is 0 Å². The first-order valence-electron chi connectivity index (χ1n) is 7.75.